The number of aryl methyl sites for hydroxylation is 1. The van der Waals surface area contributed by atoms with Gasteiger partial charge < -0.3 is 14.9 Å². The van der Waals surface area contributed by atoms with Gasteiger partial charge in [0.1, 0.15) is 5.75 Å². The van der Waals surface area contributed by atoms with Gasteiger partial charge in [-0.1, -0.05) is 46.8 Å². The molecule has 1 aromatic rings. The summed E-state index contributed by atoms with van der Waals surface area (Å²) in [6, 6.07) is 6.25. The molecule has 120 valence electrons. The molecule has 0 spiro atoms. The molecule has 3 heteroatoms. The van der Waals surface area contributed by atoms with Crippen molar-refractivity contribution in [2.75, 3.05) is 13.2 Å². The Kier molecular flexibility index (Phi) is 6.69. The molecular formula is C18H30O3. The number of aliphatic hydroxyl groups excluding tert-OH is 2. The van der Waals surface area contributed by atoms with Gasteiger partial charge in [0.15, 0.2) is 0 Å². The molecule has 0 aliphatic carbocycles. The van der Waals surface area contributed by atoms with E-state index in [0.717, 1.165) is 12.2 Å². The van der Waals surface area contributed by atoms with Gasteiger partial charge in [-0.2, -0.15) is 0 Å². The van der Waals surface area contributed by atoms with Crippen molar-refractivity contribution >= 4 is 0 Å². The predicted octanol–water partition coefficient (Wildman–Crippen LogP) is 3.30. The fourth-order valence-electron chi connectivity index (χ4n) is 2.13. The summed E-state index contributed by atoms with van der Waals surface area (Å²) >= 11 is 0. The molecule has 0 saturated carbocycles. The minimum atomic E-state index is -0.639. The zero-order valence-corrected chi connectivity index (χ0v) is 14.0. The van der Waals surface area contributed by atoms with Crippen molar-refractivity contribution in [3.05, 3.63) is 29.3 Å². The molecule has 0 aromatic heterocycles. The number of aliphatic hydroxyl groups is 2. The van der Waals surface area contributed by atoms with Crippen LogP contribution in [0.15, 0.2) is 18.2 Å². The van der Waals surface area contributed by atoms with Crippen LogP contribution in [0, 0.1) is 5.92 Å². The minimum Gasteiger partial charge on any atom is -0.493 e. The van der Waals surface area contributed by atoms with E-state index in [9.17, 15) is 5.11 Å². The molecule has 1 aromatic carbocycles. The third kappa shape index (κ3) is 6.06. The zero-order valence-electron chi connectivity index (χ0n) is 14.0. The summed E-state index contributed by atoms with van der Waals surface area (Å²) in [6.45, 7) is 11.3. The monoisotopic (exact) mass is 294 g/mol. The van der Waals surface area contributed by atoms with Crippen LogP contribution in [-0.2, 0) is 11.8 Å². The number of benzene rings is 1. The van der Waals surface area contributed by atoms with Crippen LogP contribution < -0.4 is 4.74 Å². The largest absolute Gasteiger partial charge is 0.493 e. The Morgan fingerprint density at radius 2 is 1.86 bits per heavy atom. The topological polar surface area (TPSA) is 49.7 Å². The van der Waals surface area contributed by atoms with E-state index in [0.29, 0.717) is 18.9 Å². The van der Waals surface area contributed by atoms with E-state index in [-0.39, 0.29) is 12.0 Å². The molecule has 0 bridgehead atoms. The van der Waals surface area contributed by atoms with E-state index in [4.69, 9.17) is 9.84 Å². The van der Waals surface area contributed by atoms with Gasteiger partial charge >= 0.3 is 0 Å². The van der Waals surface area contributed by atoms with E-state index in [1.54, 1.807) is 0 Å². The van der Waals surface area contributed by atoms with Crippen molar-refractivity contribution in [3.63, 3.8) is 0 Å². The van der Waals surface area contributed by atoms with Gasteiger partial charge in [-0.15, -0.1) is 0 Å². The maximum absolute atomic E-state index is 9.47. The highest BCUT2D eigenvalue weighted by atomic mass is 16.5. The van der Waals surface area contributed by atoms with Crippen LogP contribution >= 0.6 is 0 Å². The molecule has 1 rings (SSSR count). The Morgan fingerprint density at radius 3 is 2.38 bits per heavy atom. The Morgan fingerprint density at radius 1 is 1.19 bits per heavy atom. The van der Waals surface area contributed by atoms with Crippen molar-refractivity contribution in [1.29, 1.82) is 0 Å². The summed E-state index contributed by atoms with van der Waals surface area (Å²) in [7, 11) is 0. The summed E-state index contributed by atoms with van der Waals surface area (Å²) < 4.78 is 5.94. The van der Waals surface area contributed by atoms with Crippen molar-refractivity contribution in [2.45, 2.75) is 59.0 Å². The number of hydrogen-bond donors (Lipinski definition) is 2. The smallest absolute Gasteiger partial charge is 0.123 e. The molecule has 0 aliphatic rings. The molecule has 1 atom stereocenters. The lowest BCUT2D eigenvalue weighted by Crippen LogP contribution is -2.16. The highest BCUT2D eigenvalue weighted by molar-refractivity contribution is 5.41. The molecule has 0 aliphatic heterocycles. The van der Waals surface area contributed by atoms with Crippen LogP contribution in [0.5, 0.6) is 5.75 Å². The first-order chi connectivity index (χ1) is 9.74. The first kappa shape index (κ1) is 18.0. The second kappa shape index (κ2) is 7.81. The van der Waals surface area contributed by atoms with E-state index in [1.807, 2.05) is 6.07 Å². The van der Waals surface area contributed by atoms with Crippen LogP contribution in [0.1, 0.15) is 52.2 Å². The third-order valence-corrected chi connectivity index (χ3v) is 3.40. The molecule has 0 amide bonds. The normalized spacial score (nSPS) is 13.5. The van der Waals surface area contributed by atoms with Crippen molar-refractivity contribution in [1.82, 2.24) is 0 Å². The highest BCUT2D eigenvalue weighted by Crippen LogP contribution is 2.32. The van der Waals surface area contributed by atoms with Gasteiger partial charge in [-0.05, 0) is 41.4 Å². The molecule has 0 saturated heterocycles. The molecular weight excluding hydrogens is 264 g/mol. The number of ether oxygens (including phenoxy) is 1. The van der Waals surface area contributed by atoms with E-state index in [2.05, 4.69) is 46.8 Å². The standard InChI is InChI=1S/C18H30O3/c1-13(2)12-21-17-9-7-14(6-8-15(20)11-19)10-16(17)18(3,4)5/h7,9-10,13,15,19-20H,6,8,11-12H2,1-5H3. The van der Waals surface area contributed by atoms with Gasteiger partial charge in [-0.25, -0.2) is 0 Å². The average Bonchev–Trinajstić information content (AvgIpc) is 2.41. The van der Waals surface area contributed by atoms with E-state index in [1.165, 1.54) is 11.1 Å². The molecule has 2 N–H and O–H groups in total. The summed E-state index contributed by atoms with van der Waals surface area (Å²) in [6.07, 6.45) is 0.696. The number of hydrogen-bond acceptors (Lipinski definition) is 3. The molecule has 0 heterocycles. The Hall–Kier alpha value is -1.06. The van der Waals surface area contributed by atoms with Gasteiger partial charge in [0, 0.05) is 0 Å². The van der Waals surface area contributed by atoms with Gasteiger partial charge in [0.25, 0.3) is 0 Å². The Labute approximate surface area is 129 Å². The SMILES string of the molecule is CC(C)COc1ccc(CCC(O)CO)cc1C(C)(C)C. The predicted molar refractivity (Wildman–Crippen MR) is 86.9 cm³/mol. The fraction of sp³-hybridized carbons (Fsp3) is 0.667. The second-order valence-electron chi connectivity index (χ2n) is 7.16. The lowest BCUT2D eigenvalue weighted by molar-refractivity contribution is 0.0885. The maximum atomic E-state index is 9.47. The quantitative estimate of drug-likeness (QED) is 0.811. The first-order valence-corrected chi connectivity index (χ1v) is 7.79. The van der Waals surface area contributed by atoms with E-state index < -0.39 is 6.10 Å². The second-order valence-corrected chi connectivity index (χ2v) is 7.16. The van der Waals surface area contributed by atoms with Gasteiger partial charge in [0.2, 0.25) is 0 Å². The van der Waals surface area contributed by atoms with Crippen LogP contribution in [0.2, 0.25) is 0 Å². The molecule has 1 unspecified atom stereocenters. The van der Waals surface area contributed by atoms with Crippen LogP contribution in [-0.4, -0.2) is 29.5 Å². The lowest BCUT2D eigenvalue weighted by Gasteiger charge is -2.24. The van der Waals surface area contributed by atoms with Crippen LogP contribution in [0.3, 0.4) is 0 Å². The molecule has 0 fully saturated rings. The zero-order chi connectivity index (χ0) is 16.0. The van der Waals surface area contributed by atoms with Crippen LogP contribution in [0.25, 0.3) is 0 Å². The van der Waals surface area contributed by atoms with Crippen molar-refractivity contribution in [3.8, 4) is 5.75 Å². The highest BCUT2D eigenvalue weighted by Gasteiger charge is 2.20. The fourth-order valence-corrected chi connectivity index (χ4v) is 2.13. The molecule has 3 nitrogen and oxygen atoms in total. The lowest BCUT2D eigenvalue weighted by atomic mass is 9.85. The average molecular weight is 294 g/mol. The Balaban J connectivity index is 2.91. The minimum absolute atomic E-state index is 0.0118. The summed E-state index contributed by atoms with van der Waals surface area (Å²) in [4.78, 5) is 0. The van der Waals surface area contributed by atoms with E-state index >= 15 is 0 Å². The van der Waals surface area contributed by atoms with Crippen molar-refractivity contribution < 1.29 is 14.9 Å². The third-order valence-electron chi connectivity index (χ3n) is 3.40. The number of rotatable bonds is 7. The Bertz CT molecular complexity index is 433. The van der Waals surface area contributed by atoms with Crippen molar-refractivity contribution in [2.24, 2.45) is 5.92 Å². The van der Waals surface area contributed by atoms with Crippen LogP contribution in [0.4, 0.5) is 0 Å². The summed E-state index contributed by atoms with van der Waals surface area (Å²) in [5.41, 5.74) is 2.38. The molecule has 21 heavy (non-hydrogen) atoms. The van der Waals surface area contributed by atoms with Gasteiger partial charge in [0.05, 0.1) is 19.3 Å². The first-order valence-electron chi connectivity index (χ1n) is 7.79. The van der Waals surface area contributed by atoms with Gasteiger partial charge in [-0.3, -0.25) is 0 Å². The maximum Gasteiger partial charge on any atom is 0.123 e. The molecule has 0 radical (unpaired) electrons. The summed E-state index contributed by atoms with van der Waals surface area (Å²) in [5, 5.41) is 18.4. The summed E-state index contributed by atoms with van der Waals surface area (Å²) in [5.74, 6) is 1.44.